The van der Waals surface area contributed by atoms with Crippen LogP contribution in [0, 0.1) is 11.3 Å². The molecule has 1 unspecified atom stereocenters. The summed E-state index contributed by atoms with van der Waals surface area (Å²) in [6.07, 6.45) is 2.67. The Kier molecular flexibility index (Phi) is 7.69. The smallest absolute Gasteiger partial charge is 0.341 e. The van der Waals surface area contributed by atoms with Gasteiger partial charge in [-0.15, -0.1) is 11.3 Å². The van der Waals surface area contributed by atoms with Gasteiger partial charge in [0.25, 0.3) is 5.91 Å². The fourth-order valence-corrected chi connectivity index (χ4v) is 6.75. The second-order valence-corrected chi connectivity index (χ2v) is 12.8. The van der Waals surface area contributed by atoms with E-state index in [0.29, 0.717) is 39.0 Å². The number of benzene rings is 2. The van der Waals surface area contributed by atoms with Crippen molar-refractivity contribution in [1.29, 1.82) is 0 Å². The van der Waals surface area contributed by atoms with E-state index in [9.17, 15) is 9.59 Å². The molecule has 0 saturated carbocycles. The normalized spacial score (nSPS) is 15.1. The molecule has 40 heavy (non-hydrogen) atoms. The number of thiophene rings is 1. The van der Waals surface area contributed by atoms with Gasteiger partial charge in [-0.3, -0.25) is 4.79 Å². The third-order valence-corrected chi connectivity index (χ3v) is 8.76. The highest BCUT2D eigenvalue weighted by atomic mass is 32.1. The molecule has 0 saturated heterocycles. The fraction of sp³-hybridized carbons (Fsp3) is 0.364. The summed E-state index contributed by atoms with van der Waals surface area (Å²) in [5.41, 5.74) is 4.30. The highest BCUT2D eigenvalue weighted by Gasteiger charge is 2.34. The van der Waals surface area contributed by atoms with Crippen molar-refractivity contribution in [2.24, 2.45) is 11.3 Å². The van der Waals surface area contributed by atoms with Crippen molar-refractivity contribution in [1.82, 2.24) is 4.98 Å². The second-order valence-electron chi connectivity index (χ2n) is 11.7. The Hall–Kier alpha value is -3.71. The Balaban J connectivity index is 1.57. The maximum absolute atomic E-state index is 14.0. The summed E-state index contributed by atoms with van der Waals surface area (Å²) >= 11 is 1.50. The van der Waals surface area contributed by atoms with Crippen molar-refractivity contribution >= 4 is 39.1 Å². The lowest BCUT2D eigenvalue weighted by molar-refractivity contribution is 0.0600. The maximum Gasteiger partial charge on any atom is 0.341 e. The summed E-state index contributed by atoms with van der Waals surface area (Å²) in [5, 5.41) is 4.37. The van der Waals surface area contributed by atoms with E-state index in [-0.39, 0.29) is 17.4 Å². The highest BCUT2D eigenvalue weighted by Crippen LogP contribution is 2.45. The number of para-hydroxylation sites is 2. The first-order chi connectivity index (χ1) is 19.1. The number of anilines is 1. The summed E-state index contributed by atoms with van der Waals surface area (Å²) in [7, 11) is 1.39. The number of nitrogens with zero attached hydrogens (tertiary/aromatic N) is 1. The van der Waals surface area contributed by atoms with Crippen LogP contribution in [0.15, 0.2) is 54.6 Å². The SMILES string of the molecule is COC(=O)c1c(NC(=O)c2cc(-c3ccccc3OC(C)C)nc3ccccc23)sc2c1CCC(C(C)(C)C)C2. The number of pyridine rings is 1. The monoisotopic (exact) mass is 556 g/mol. The molecule has 2 aromatic heterocycles. The largest absolute Gasteiger partial charge is 0.490 e. The summed E-state index contributed by atoms with van der Waals surface area (Å²) in [6.45, 7) is 10.7. The van der Waals surface area contributed by atoms with Gasteiger partial charge in [-0.25, -0.2) is 9.78 Å². The Bertz CT molecular complexity index is 1580. The zero-order chi connectivity index (χ0) is 28.6. The van der Waals surface area contributed by atoms with E-state index < -0.39 is 5.97 Å². The van der Waals surface area contributed by atoms with Gasteiger partial charge in [0.2, 0.25) is 0 Å². The van der Waals surface area contributed by atoms with E-state index in [1.54, 1.807) is 6.07 Å². The van der Waals surface area contributed by atoms with Gasteiger partial charge in [0.05, 0.1) is 35.6 Å². The number of rotatable bonds is 6. The predicted octanol–water partition coefficient (Wildman–Crippen LogP) is 7.94. The van der Waals surface area contributed by atoms with E-state index in [4.69, 9.17) is 14.5 Å². The number of carbonyl (C=O) groups is 2. The van der Waals surface area contributed by atoms with Crippen molar-refractivity contribution in [2.75, 3.05) is 12.4 Å². The van der Waals surface area contributed by atoms with Gasteiger partial charge in [0, 0.05) is 15.8 Å². The standard InChI is InChI=1S/C33H36N2O4S/c1-19(2)39-27-14-10-8-12-22(27)26-18-24(21-11-7-9-13-25(21)34-26)30(36)35-31-29(32(37)38-6)23-16-15-20(33(3,4)5)17-28(23)40-31/h7-14,18-20H,15-17H2,1-6H3,(H,35,36). The molecule has 6 nitrogen and oxygen atoms in total. The van der Waals surface area contributed by atoms with E-state index >= 15 is 0 Å². The number of esters is 1. The summed E-state index contributed by atoms with van der Waals surface area (Å²) in [6, 6.07) is 17.1. The van der Waals surface area contributed by atoms with Crippen molar-refractivity contribution < 1.29 is 19.1 Å². The minimum absolute atomic E-state index is 0.0103. The molecule has 1 aliphatic carbocycles. The van der Waals surface area contributed by atoms with Crippen LogP contribution in [-0.4, -0.2) is 30.1 Å². The first kappa shape index (κ1) is 27.8. The first-order valence-electron chi connectivity index (χ1n) is 13.8. The van der Waals surface area contributed by atoms with Crippen LogP contribution in [-0.2, 0) is 17.6 Å². The molecule has 2 heterocycles. The van der Waals surface area contributed by atoms with Crippen molar-refractivity contribution in [2.45, 2.75) is 60.0 Å². The molecule has 5 rings (SSSR count). The zero-order valence-electron chi connectivity index (χ0n) is 24.0. The molecule has 2 aromatic carbocycles. The quantitative estimate of drug-likeness (QED) is 0.244. The number of amides is 1. The fourth-order valence-electron chi connectivity index (χ4n) is 5.44. The summed E-state index contributed by atoms with van der Waals surface area (Å²) < 4.78 is 11.2. The molecule has 1 aliphatic rings. The highest BCUT2D eigenvalue weighted by molar-refractivity contribution is 7.17. The van der Waals surface area contributed by atoms with Gasteiger partial charge in [-0.1, -0.05) is 51.1 Å². The molecule has 1 N–H and O–H groups in total. The molecular weight excluding hydrogens is 520 g/mol. The van der Waals surface area contributed by atoms with Crippen molar-refractivity contribution in [3.63, 3.8) is 0 Å². The first-order valence-corrected chi connectivity index (χ1v) is 14.6. The Morgan fingerprint density at radius 2 is 1.80 bits per heavy atom. The molecule has 7 heteroatoms. The average Bonchev–Trinajstić information content (AvgIpc) is 3.28. The van der Waals surface area contributed by atoms with Crippen LogP contribution in [0.4, 0.5) is 5.00 Å². The number of hydrogen-bond donors (Lipinski definition) is 1. The number of aromatic nitrogens is 1. The maximum atomic E-state index is 14.0. The van der Waals surface area contributed by atoms with Crippen molar-refractivity contribution in [3.05, 3.63) is 76.2 Å². The van der Waals surface area contributed by atoms with Crippen LogP contribution in [0.5, 0.6) is 5.75 Å². The number of ether oxygens (including phenoxy) is 2. The number of hydrogen-bond acceptors (Lipinski definition) is 6. The van der Waals surface area contributed by atoms with E-state index in [1.165, 1.54) is 18.4 Å². The van der Waals surface area contributed by atoms with Crippen LogP contribution < -0.4 is 10.1 Å². The number of nitrogens with one attached hydrogen (secondary N) is 1. The van der Waals surface area contributed by atoms with Crippen molar-refractivity contribution in [3.8, 4) is 17.0 Å². The number of carbonyl (C=O) groups excluding carboxylic acids is 2. The minimum atomic E-state index is -0.415. The molecule has 4 aromatic rings. The second kappa shape index (κ2) is 11.0. The number of methoxy groups -OCH3 is 1. The molecule has 0 spiro atoms. The van der Waals surface area contributed by atoms with Gasteiger partial charge in [-0.05, 0) is 74.3 Å². The summed E-state index contributed by atoms with van der Waals surface area (Å²) in [4.78, 5) is 32.9. The summed E-state index contributed by atoms with van der Waals surface area (Å²) in [5.74, 6) is 0.506. The Morgan fingerprint density at radius 1 is 1.07 bits per heavy atom. The molecule has 1 amide bonds. The van der Waals surface area contributed by atoms with E-state index in [1.807, 2.05) is 62.4 Å². The molecule has 0 radical (unpaired) electrons. The molecule has 0 bridgehead atoms. The van der Waals surface area contributed by atoms with Gasteiger partial charge in [0.15, 0.2) is 0 Å². The molecule has 208 valence electrons. The van der Waals surface area contributed by atoms with Crippen LogP contribution in [0.3, 0.4) is 0 Å². The third-order valence-electron chi connectivity index (χ3n) is 7.59. The molecule has 1 atom stereocenters. The lowest BCUT2D eigenvalue weighted by atomic mass is 9.72. The lowest BCUT2D eigenvalue weighted by Crippen LogP contribution is -2.26. The van der Waals surface area contributed by atoms with Gasteiger partial charge in [0.1, 0.15) is 10.8 Å². The van der Waals surface area contributed by atoms with Gasteiger partial charge >= 0.3 is 5.97 Å². The van der Waals surface area contributed by atoms with Gasteiger partial charge < -0.3 is 14.8 Å². The zero-order valence-corrected chi connectivity index (χ0v) is 24.8. The van der Waals surface area contributed by atoms with Crippen LogP contribution >= 0.6 is 11.3 Å². The van der Waals surface area contributed by atoms with Crippen LogP contribution in [0.2, 0.25) is 0 Å². The van der Waals surface area contributed by atoms with Gasteiger partial charge in [-0.2, -0.15) is 0 Å². The van der Waals surface area contributed by atoms with Crippen LogP contribution in [0.1, 0.15) is 72.2 Å². The molecular formula is C33H36N2O4S. The van der Waals surface area contributed by atoms with E-state index in [0.717, 1.165) is 40.7 Å². The Labute approximate surface area is 239 Å². The third kappa shape index (κ3) is 5.48. The molecule has 0 aliphatic heterocycles. The topological polar surface area (TPSA) is 77.5 Å². The Morgan fingerprint density at radius 3 is 2.52 bits per heavy atom. The lowest BCUT2D eigenvalue weighted by Gasteiger charge is -2.33. The van der Waals surface area contributed by atoms with Crippen LogP contribution in [0.25, 0.3) is 22.2 Å². The molecule has 0 fully saturated rings. The predicted molar refractivity (Wildman–Crippen MR) is 162 cm³/mol. The number of fused-ring (bicyclic) bond motifs is 2. The minimum Gasteiger partial charge on any atom is -0.490 e. The average molecular weight is 557 g/mol. The van der Waals surface area contributed by atoms with E-state index in [2.05, 4.69) is 26.1 Å².